The Morgan fingerprint density at radius 1 is 1.45 bits per heavy atom. The number of hydrogen-bond acceptors (Lipinski definition) is 3. The lowest BCUT2D eigenvalue weighted by atomic mass is 10.2. The minimum atomic E-state index is -0.503. The molecule has 1 heterocycles. The topological polar surface area (TPSA) is 52.9 Å². The number of carbonyl (C=O) groups is 1. The molecule has 0 atom stereocenters. The van der Waals surface area contributed by atoms with Crippen molar-refractivity contribution in [2.75, 3.05) is 5.32 Å². The molecule has 2 rings (SSSR count). The molecule has 1 aromatic carbocycles. The van der Waals surface area contributed by atoms with Gasteiger partial charge >= 0.3 is 0 Å². The Morgan fingerprint density at radius 3 is 2.82 bits per heavy atom. The van der Waals surface area contributed by atoms with E-state index in [9.17, 15) is 9.18 Å². The lowest BCUT2D eigenvalue weighted by Crippen LogP contribution is -2.07. The first-order chi connectivity index (χ1) is 10.4. The predicted octanol–water partition coefficient (Wildman–Crippen LogP) is 4.68. The maximum absolute atomic E-state index is 13.6. The van der Waals surface area contributed by atoms with Gasteiger partial charge in [-0.3, -0.25) is 4.79 Å². The van der Waals surface area contributed by atoms with Gasteiger partial charge < -0.3 is 5.32 Å². The van der Waals surface area contributed by atoms with E-state index in [0.717, 1.165) is 10.4 Å². The van der Waals surface area contributed by atoms with Crippen LogP contribution in [0.4, 0.5) is 9.39 Å². The summed E-state index contributed by atoms with van der Waals surface area (Å²) in [6.07, 6.45) is 2.50. The number of rotatable bonds is 3. The third-order valence-electron chi connectivity index (χ3n) is 3.13. The second-order valence-corrected chi connectivity index (χ2v) is 6.19. The minimum Gasteiger partial charge on any atom is -0.313 e. The molecule has 1 N–H and O–H groups in total. The Labute approximate surface area is 136 Å². The van der Waals surface area contributed by atoms with Crippen LogP contribution in [-0.4, -0.2) is 5.91 Å². The van der Waals surface area contributed by atoms with E-state index in [-0.39, 0.29) is 10.6 Å². The number of aryl methyl sites for hydroxylation is 1. The first-order valence-corrected chi connectivity index (χ1v) is 7.56. The Kier molecular flexibility index (Phi) is 4.96. The maximum atomic E-state index is 13.6. The van der Waals surface area contributed by atoms with Crippen molar-refractivity contribution in [3.05, 3.63) is 56.7 Å². The molecule has 1 amide bonds. The normalized spacial score (nSPS) is 10.7. The van der Waals surface area contributed by atoms with Crippen molar-refractivity contribution >= 4 is 39.9 Å². The first-order valence-electron chi connectivity index (χ1n) is 6.37. The fourth-order valence-corrected chi connectivity index (χ4v) is 3.07. The number of benzene rings is 1. The van der Waals surface area contributed by atoms with Gasteiger partial charge in [0, 0.05) is 16.5 Å². The van der Waals surface area contributed by atoms with E-state index >= 15 is 0 Å². The highest BCUT2D eigenvalue weighted by Gasteiger charge is 2.13. The molecule has 2 aromatic rings. The van der Waals surface area contributed by atoms with Crippen LogP contribution >= 0.6 is 22.9 Å². The minimum absolute atomic E-state index is 0.151. The zero-order valence-electron chi connectivity index (χ0n) is 11.9. The molecule has 1 aromatic heterocycles. The summed E-state index contributed by atoms with van der Waals surface area (Å²) in [5.74, 6) is -0.950. The number of halogens is 2. The van der Waals surface area contributed by atoms with Crippen molar-refractivity contribution in [1.82, 2.24) is 0 Å². The highest BCUT2D eigenvalue weighted by molar-refractivity contribution is 7.16. The highest BCUT2D eigenvalue weighted by atomic mass is 35.5. The summed E-state index contributed by atoms with van der Waals surface area (Å²) in [5.41, 5.74) is 1.45. The molecule has 0 saturated carbocycles. The smallest absolute Gasteiger partial charge is 0.249 e. The number of nitrogens with zero attached hydrogens (tertiary/aromatic N) is 1. The molecule has 0 saturated heterocycles. The van der Waals surface area contributed by atoms with Gasteiger partial charge in [0.1, 0.15) is 16.9 Å². The van der Waals surface area contributed by atoms with Crippen LogP contribution in [0, 0.1) is 31.0 Å². The van der Waals surface area contributed by atoms with E-state index in [1.54, 1.807) is 6.07 Å². The Hall–Kier alpha value is -2.16. The third kappa shape index (κ3) is 3.35. The van der Waals surface area contributed by atoms with E-state index in [4.69, 9.17) is 16.9 Å². The van der Waals surface area contributed by atoms with Gasteiger partial charge in [-0.2, -0.15) is 5.26 Å². The third-order valence-corrected chi connectivity index (χ3v) is 4.59. The summed E-state index contributed by atoms with van der Waals surface area (Å²) in [5, 5.41) is 12.5. The predicted molar refractivity (Wildman–Crippen MR) is 87.6 cm³/mol. The lowest BCUT2D eigenvalue weighted by Gasteiger charge is -2.01. The molecule has 0 unspecified atom stereocenters. The van der Waals surface area contributed by atoms with E-state index in [2.05, 4.69) is 11.4 Å². The zero-order chi connectivity index (χ0) is 16.3. The molecule has 6 heteroatoms. The van der Waals surface area contributed by atoms with Gasteiger partial charge in [0.25, 0.3) is 0 Å². The summed E-state index contributed by atoms with van der Waals surface area (Å²) >= 11 is 7.21. The molecule has 0 aliphatic carbocycles. The van der Waals surface area contributed by atoms with Crippen LogP contribution in [0.1, 0.15) is 21.6 Å². The van der Waals surface area contributed by atoms with Gasteiger partial charge in [0.15, 0.2) is 0 Å². The van der Waals surface area contributed by atoms with Gasteiger partial charge in [-0.15, -0.1) is 11.3 Å². The second-order valence-electron chi connectivity index (χ2n) is 4.56. The van der Waals surface area contributed by atoms with Gasteiger partial charge in [0.2, 0.25) is 5.91 Å². The van der Waals surface area contributed by atoms with E-state index in [1.165, 1.54) is 35.6 Å². The molecule has 0 fully saturated rings. The molecule has 112 valence electrons. The Balaban J connectivity index is 2.19. The fourth-order valence-electron chi connectivity index (χ4n) is 1.83. The lowest BCUT2D eigenvalue weighted by molar-refractivity contribution is -0.111. The zero-order valence-corrected chi connectivity index (χ0v) is 13.5. The summed E-state index contributed by atoms with van der Waals surface area (Å²) in [4.78, 5) is 12.9. The van der Waals surface area contributed by atoms with Gasteiger partial charge in [-0.25, -0.2) is 4.39 Å². The number of nitriles is 1. The molecule has 0 spiro atoms. The van der Waals surface area contributed by atoms with Crippen molar-refractivity contribution in [2.24, 2.45) is 0 Å². The number of amides is 1. The molecule has 0 aliphatic heterocycles. The number of hydrogen-bond donors (Lipinski definition) is 1. The van der Waals surface area contributed by atoms with E-state index in [0.29, 0.717) is 10.6 Å². The van der Waals surface area contributed by atoms with Crippen LogP contribution in [0.3, 0.4) is 0 Å². The number of thiophene rings is 1. The first kappa shape index (κ1) is 16.2. The van der Waals surface area contributed by atoms with Crippen LogP contribution < -0.4 is 5.32 Å². The van der Waals surface area contributed by atoms with Gasteiger partial charge in [0.05, 0.1) is 10.6 Å². The molecule has 0 bridgehead atoms. The van der Waals surface area contributed by atoms with Crippen LogP contribution in [0.25, 0.3) is 6.08 Å². The molecule has 3 nitrogen and oxygen atoms in total. The van der Waals surface area contributed by atoms with Crippen molar-refractivity contribution < 1.29 is 9.18 Å². The van der Waals surface area contributed by atoms with E-state index < -0.39 is 11.7 Å². The molecular weight excluding hydrogens is 323 g/mol. The number of nitrogens with one attached hydrogen (secondary N) is 1. The molecule has 0 aliphatic rings. The van der Waals surface area contributed by atoms with Crippen molar-refractivity contribution in [3.63, 3.8) is 0 Å². The Bertz CT molecular complexity index is 785. The summed E-state index contributed by atoms with van der Waals surface area (Å²) in [6, 6.07) is 6.37. The quantitative estimate of drug-likeness (QED) is 0.828. The van der Waals surface area contributed by atoms with E-state index in [1.807, 2.05) is 13.8 Å². The molecule has 0 radical (unpaired) electrons. The summed E-state index contributed by atoms with van der Waals surface area (Å²) < 4.78 is 13.6. The van der Waals surface area contributed by atoms with Gasteiger partial charge in [-0.05, 0) is 37.6 Å². The van der Waals surface area contributed by atoms with Crippen LogP contribution in [0.2, 0.25) is 5.02 Å². The summed E-state index contributed by atoms with van der Waals surface area (Å²) in [7, 11) is 0. The van der Waals surface area contributed by atoms with Crippen LogP contribution in [0.5, 0.6) is 0 Å². The van der Waals surface area contributed by atoms with Crippen molar-refractivity contribution in [1.29, 1.82) is 5.26 Å². The fraction of sp³-hybridized carbons (Fsp3) is 0.125. The van der Waals surface area contributed by atoms with Crippen molar-refractivity contribution in [2.45, 2.75) is 13.8 Å². The monoisotopic (exact) mass is 334 g/mol. The van der Waals surface area contributed by atoms with Gasteiger partial charge in [-0.1, -0.05) is 17.7 Å². The summed E-state index contributed by atoms with van der Waals surface area (Å²) in [6.45, 7) is 3.71. The Morgan fingerprint density at radius 2 is 2.18 bits per heavy atom. The largest absolute Gasteiger partial charge is 0.313 e. The second kappa shape index (κ2) is 6.73. The average molecular weight is 335 g/mol. The van der Waals surface area contributed by atoms with Crippen LogP contribution in [-0.2, 0) is 4.79 Å². The standard InChI is InChI=1S/C16H12ClFN2OS/c1-9-10(2)22-16(12(9)8-19)20-15(21)7-6-11-13(17)4-3-5-14(11)18/h3-7H,1-2H3,(H,20,21)/b7-6+. The number of anilines is 1. The van der Waals surface area contributed by atoms with Crippen molar-refractivity contribution in [3.8, 4) is 6.07 Å². The SMILES string of the molecule is Cc1sc(NC(=O)/C=C/c2c(F)cccc2Cl)c(C#N)c1C. The van der Waals surface area contributed by atoms with Crippen LogP contribution in [0.15, 0.2) is 24.3 Å². The average Bonchev–Trinajstić information content (AvgIpc) is 2.72. The maximum Gasteiger partial charge on any atom is 0.249 e. The molecular formula is C16H12ClFN2OS. The highest BCUT2D eigenvalue weighted by Crippen LogP contribution is 2.31. The molecule has 22 heavy (non-hydrogen) atoms. The number of carbonyl (C=O) groups excluding carboxylic acids is 1.